The fourth-order valence-corrected chi connectivity index (χ4v) is 5.14. The second-order valence-corrected chi connectivity index (χ2v) is 9.63. The van der Waals surface area contributed by atoms with Gasteiger partial charge < -0.3 is 20.4 Å². The second kappa shape index (κ2) is 11.6. The maximum Gasteiger partial charge on any atom is 0.270 e. The molecule has 0 spiro atoms. The Morgan fingerprint density at radius 1 is 0.844 bits per heavy atom. The van der Waals surface area contributed by atoms with Crippen LogP contribution >= 0.6 is 0 Å². The summed E-state index contributed by atoms with van der Waals surface area (Å²) in [7, 11) is 0. The molecule has 0 aliphatic carbocycles. The summed E-state index contributed by atoms with van der Waals surface area (Å²) in [6.45, 7) is 6.13. The molecule has 32 heavy (non-hydrogen) atoms. The molecule has 176 valence electrons. The zero-order chi connectivity index (χ0) is 22.2. The fourth-order valence-electron chi connectivity index (χ4n) is 5.14. The molecule has 2 bridgehead atoms. The molecule has 5 rings (SSSR count). The van der Waals surface area contributed by atoms with Gasteiger partial charge in [0.05, 0.1) is 0 Å². The van der Waals surface area contributed by atoms with Gasteiger partial charge in [0, 0.05) is 44.3 Å². The van der Waals surface area contributed by atoms with Crippen molar-refractivity contribution in [3.8, 4) is 0 Å². The minimum Gasteiger partial charge on any atom is -0.369 e. The summed E-state index contributed by atoms with van der Waals surface area (Å²) in [6, 6.07) is 4.08. The highest BCUT2D eigenvalue weighted by molar-refractivity contribution is 6.45. The molecular weight excluding hydrogens is 400 g/mol. The average molecular weight is 441 g/mol. The molecule has 0 atom stereocenters. The molecule has 3 N–H and O–H groups in total. The smallest absolute Gasteiger partial charge is 0.270 e. The first-order valence-electron chi connectivity index (χ1n) is 12.8. The van der Waals surface area contributed by atoms with Gasteiger partial charge in [-0.15, -0.1) is 0 Å². The molecule has 5 heterocycles. The van der Waals surface area contributed by atoms with Gasteiger partial charge in [-0.2, -0.15) is 0 Å². The number of hydrogen-bond acceptors (Lipinski definition) is 6. The lowest BCUT2D eigenvalue weighted by Gasteiger charge is -2.32. The van der Waals surface area contributed by atoms with Gasteiger partial charge in [-0.3, -0.25) is 10.2 Å². The molecule has 7 heteroatoms. The van der Waals surface area contributed by atoms with Crippen molar-refractivity contribution in [3.63, 3.8) is 0 Å². The van der Waals surface area contributed by atoms with E-state index < -0.39 is 0 Å². The van der Waals surface area contributed by atoms with E-state index in [1.54, 1.807) is 0 Å². The van der Waals surface area contributed by atoms with Crippen molar-refractivity contribution in [2.75, 3.05) is 49.5 Å². The molecule has 1 aromatic rings. The van der Waals surface area contributed by atoms with E-state index in [-0.39, 0.29) is 17.7 Å². The van der Waals surface area contributed by atoms with Crippen LogP contribution in [0.2, 0.25) is 0 Å². The number of piperidine rings is 1. The normalized spacial score (nSPS) is 26.4. The second-order valence-electron chi connectivity index (χ2n) is 9.63. The zero-order valence-electron chi connectivity index (χ0n) is 19.5. The van der Waals surface area contributed by atoms with Gasteiger partial charge in [0.2, 0.25) is 0 Å². The lowest BCUT2D eigenvalue weighted by atomic mass is 10.0. The number of rotatable bonds is 1. The van der Waals surface area contributed by atoms with Gasteiger partial charge in [0.15, 0.2) is 0 Å². The fraction of sp³-hybridized carbons (Fsp3) is 0.720. The molecule has 0 aromatic carbocycles. The van der Waals surface area contributed by atoms with Crippen LogP contribution in [0.15, 0.2) is 12.1 Å². The Balaban J connectivity index is 1.52. The van der Waals surface area contributed by atoms with E-state index in [1.165, 1.54) is 57.9 Å². The van der Waals surface area contributed by atoms with Gasteiger partial charge in [0.1, 0.15) is 17.3 Å². The number of pyridine rings is 1. The molecule has 4 aliphatic heterocycles. The molecule has 1 aromatic heterocycles. The van der Waals surface area contributed by atoms with Gasteiger partial charge in [-0.05, 0) is 57.2 Å². The van der Waals surface area contributed by atoms with Gasteiger partial charge in [-0.25, -0.2) is 4.98 Å². The topological polar surface area (TPSA) is 84.3 Å². The van der Waals surface area contributed by atoms with Crippen molar-refractivity contribution in [1.29, 1.82) is 5.41 Å². The van der Waals surface area contributed by atoms with Crippen LogP contribution < -0.4 is 15.5 Å². The van der Waals surface area contributed by atoms with Crippen molar-refractivity contribution in [3.05, 3.63) is 17.7 Å². The summed E-state index contributed by atoms with van der Waals surface area (Å²) in [5, 5.41) is 15.2. The van der Waals surface area contributed by atoms with Crippen molar-refractivity contribution in [2.24, 2.45) is 0 Å². The Morgan fingerprint density at radius 3 is 2.25 bits per heavy atom. The third-order valence-corrected chi connectivity index (χ3v) is 7.17. The summed E-state index contributed by atoms with van der Waals surface area (Å²) < 4.78 is 0. The highest BCUT2D eigenvalue weighted by Crippen LogP contribution is 2.23. The summed E-state index contributed by atoms with van der Waals surface area (Å²) in [5.41, 5.74) is 0.636. The highest BCUT2D eigenvalue weighted by atomic mass is 16.1. The monoisotopic (exact) mass is 440 g/mol. The molecule has 1 amide bonds. The molecule has 2 fully saturated rings. The number of fused-ring (bicyclic) bond motifs is 11. The number of amides is 1. The van der Waals surface area contributed by atoms with Gasteiger partial charge in [0.25, 0.3) is 5.91 Å². The van der Waals surface area contributed by atoms with E-state index in [4.69, 9.17) is 10.4 Å². The first-order chi connectivity index (χ1) is 15.7. The van der Waals surface area contributed by atoms with Crippen LogP contribution in [-0.4, -0.2) is 66.8 Å². The molecule has 0 saturated carbocycles. The number of anilines is 2. The standard InChI is InChI=1S/C25H40N6O/c26-23-21-10-11-22(31-16-8-4-5-9-17-31)29-24(21)27-14-6-2-1-3-7-15-30-18-12-20(13-19-30)28-25(23)32/h10-11,20,26H,1-9,12-19H2,(H,27,29)(H,28,32). The number of hydrogen-bond donors (Lipinski definition) is 3. The van der Waals surface area contributed by atoms with Crippen molar-refractivity contribution < 1.29 is 4.79 Å². The van der Waals surface area contributed by atoms with E-state index in [9.17, 15) is 4.79 Å². The largest absolute Gasteiger partial charge is 0.369 e. The molecular formula is C25H40N6O. The van der Waals surface area contributed by atoms with E-state index in [0.29, 0.717) is 11.4 Å². The average Bonchev–Trinajstić information content (AvgIpc) is 3.10. The molecule has 7 nitrogen and oxygen atoms in total. The van der Waals surface area contributed by atoms with Gasteiger partial charge >= 0.3 is 0 Å². The van der Waals surface area contributed by atoms with Crippen LogP contribution in [0.5, 0.6) is 0 Å². The third-order valence-electron chi connectivity index (χ3n) is 7.17. The quantitative estimate of drug-likeness (QED) is 0.619. The number of aromatic nitrogens is 1. The van der Waals surface area contributed by atoms with E-state index in [0.717, 1.165) is 57.8 Å². The summed E-state index contributed by atoms with van der Waals surface area (Å²) >= 11 is 0. The number of carbonyl (C=O) groups excluding carboxylic acids is 1. The Bertz CT molecular complexity index is 766. The maximum absolute atomic E-state index is 12.9. The lowest BCUT2D eigenvalue weighted by Crippen LogP contribution is -2.46. The number of carbonyl (C=O) groups is 1. The van der Waals surface area contributed by atoms with Crippen LogP contribution in [0, 0.1) is 5.41 Å². The predicted octanol–water partition coefficient (Wildman–Crippen LogP) is 3.79. The zero-order valence-corrected chi connectivity index (χ0v) is 19.5. The Morgan fingerprint density at radius 2 is 1.50 bits per heavy atom. The molecule has 4 aliphatic rings. The Kier molecular flexibility index (Phi) is 8.37. The third kappa shape index (κ3) is 6.21. The number of nitrogens with zero attached hydrogens (tertiary/aromatic N) is 3. The highest BCUT2D eigenvalue weighted by Gasteiger charge is 2.24. The van der Waals surface area contributed by atoms with Crippen molar-refractivity contribution in [1.82, 2.24) is 15.2 Å². The summed E-state index contributed by atoms with van der Waals surface area (Å²) in [5.74, 6) is 1.37. The first kappa shape index (κ1) is 23.0. The van der Waals surface area contributed by atoms with E-state index in [2.05, 4.69) is 20.4 Å². The van der Waals surface area contributed by atoms with E-state index in [1.807, 2.05) is 12.1 Å². The predicted molar refractivity (Wildman–Crippen MR) is 131 cm³/mol. The Labute approximate surface area is 192 Å². The van der Waals surface area contributed by atoms with Gasteiger partial charge in [-0.1, -0.05) is 32.1 Å². The summed E-state index contributed by atoms with van der Waals surface area (Å²) in [4.78, 5) is 22.7. The molecule has 0 unspecified atom stereocenters. The number of nitrogens with one attached hydrogen (secondary N) is 3. The summed E-state index contributed by atoms with van der Waals surface area (Å²) in [6.07, 6.45) is 13.0. The van der Waals surface area contributed by atoms with Crippen LogP contribution in [0.25, 0.3) is 0 Å². The van der Waals surface area contributed by atoms with Crippen LogP contribution in [0.4, 0.5) is 11.6 Å². The lowest BCUT2D eigenvalue weighted by molar-refractivity contribution is -0.115. The van der Waals surface area contributed by atoms with E-state index >= 15 is 0 Å². The van der Waals surface area contributed by atoms with Crippen LogP contribution in [0.1, 0.15) is 76.2 Å². The van der Waals surface area contributed by atoms with Crippen LogP contribution in [-0.2, 0) is 4.79 Å². The van der Waals surface area contributed by atoms with Crippen LogP contribution in [0.3, 0.4) is 0 Å². The molecule has 0 radical (unpaired) electrons. The minimum absolute atomic E-state index is 0.0224. The first-order valence-corrected chi connectivity index (χ1v) is 12.8. The SMILES string of the molecule is N=C1C(=O)NC2CCN(CCCCCCCNc3nc(N4CCCCCC4)ccc31)CC2. The minimum atomic E-state index is -0.278. The molecule has 2 saturated heterocycles. The van der Waals surface area contributed by atoms with Crippen molar-refractivity contribution >= 4 is 23.3 Å². The maximum atomic E-state index is 12.9. The Hall–Kier alpha value is -2.15. The van der Waals surface area contributed by atoms with Crippen molar-refractivity contribution in [2.45, 2.75) is 76.7 Å².